The molecule has 0 fully saturated rings. The monoisotopic (exact) mass is 359 g/mol. The third kappa shape index (κ3) is 3.31. The van der Waals surface area contributed by atoms with Gasteiger partial charge in [0, 0.05) is 38.5 Å². The van der Waals surface area contributed by atoms with Crippen molar-refractivity contribution in [2.75, 3.05) is 5.32 Å². The Morgan fingerprint density at radius 3 is 2.83 bits per heavy atom. The minimum absolute atomic E-state index is 0.0585. The topological polar surface area (TPSA) is 64.7 Å². The lowest BCUT2D eigenvalue weighted by Gasteiger charge is -2.02. The largest absolute Gasteiger partial charge is 0.309 e. The van der Waals surface area contributed by atoms with Crippen molar-refractivity contribution in [3.05, 3.63) is 27.7 Å². The molecule has 2 heterocycles. The van der Waals surface area contributed by atoms with Gasteiger partial charge in [-0.2, -0.15) is 10.2 Å². The van der Waals surface area contributed by atoms with Gasteiger partial charge in [0.2, 0.25) is 5.91 Å². The van der Waals surface area contributed by atoms with E-state index in [1.165, 1.54) is 0 Å². The molecular weight excluding hydrogens is 345 g/mol. The molecule has 0 aliphatic carbocycles. The summed E-state index contributed by atoms with van der Waals surface area (Å²) < 4.78 is 4.54. The molecule has 0 bridgehead atoms. The smallest absolute Gasteiger partial charge is 0.227 e. The molecule has 0 aliphatic rings. The Morgan fingerprint density at radius 2 is 2.28 bits per heavy atom. The molecule has 0 atom stereocenters. The SMILES string of the molecule is Cc1nn(CCC(=O)Nc2ccn(C)n2)cc1I. The zero-order valence-corrected chi connectivity index (χ0v) is 12.4. The van der Waals surface area contributed by atoms with Crippen molar-refractivity contribution in [1.29, 1.82) is 0 Å². The predicted octanol–water partition coefficient (Wildman–Crippen LogP) is 1.56. The van der Waals surface area contributed by atoms with Crippen LogP contribution in [0.5, 0.6) is 0 Å². The summed E-state index contributed by atoms with van der Waals surface area (Å²) in [5.41, 5.74) is 0.987. The summed E-state index contributed by atoms with van der Waals surface area (Å²) in [6, 6.07) is 1.76. The van der Waals surface area contributed by atoms with Crippen LogP contribution in [0.15, 0.2) is 18.5 Å². The fraction of sp³-hybridized carbons (Fsp3) is 0.364. The van der Waals surface area contributed by atoms with Crippen molar-refractivity contribution in [2.24, 2.45) is 7.05 Å². The highest BCUT2D eigenvalue weighted by molar-refractivity contribution is 14.1. The number of amides is 1. The lowest BCUT2D eigenvalue weighted by Crippen LogP contribution is -2.15. The van der Waals surface area contributed by atoms with Crippen molar-refractivity contribution in [1.82, 2.24) is 19.6 Å². The Morgan fingerprint density at radius 1 is 1.50 bits per heavy atom. The van der Waals surface area contributed by atoms with Gasteiger partial charge in [0.15, 0.2) is 5.82 Å². The summed E-state index contributed by atoms with van der Waals surface area (Å²) in [6.07, 6.45) is 4.10. The zero-order chi connectivity index (χ0) is 13.1. The molecule has 0 saturated carbocycles. The molecule has 0 spiro atoms. The highest BCUT2D eigenvalue weighted by Crippen LogP contribution is 2.09. The molecule has 96 valence electrons. The summed E-state index contributed by atoms with van der Waals surface area (Å²) in [5.74, 6) is 0.519. The van der Waals surface area contributed by atoms with Crippen LogP contribution in [0.3, 0.4) is 0 Å². The van der Waals surface area contributed by atoms with Crippen LogP contribution in [0.4, 0.5) is 5.82 Å². The maximum atomic E-state index is 11.7. The van der Waals surface area contributed by atoms with Gasteiger partial charge < -0.3 is 5.32 Å². The highest BCUT2D eigenvalue weighted by atomic mass is 127. The van der Waals surface area contributed by atoms with Crippen molar-refractivity contribution >= 4 is 34.3 Å². The second-order valence-electron chi connectivity index (χ2n) is 4.00. The third-order valence-corrected chi connectivity index (χ3v) is 3.49. The number of hydrogen-bond acceptors (Lipinski definition) is 3. The minimum Gasteiger partial charge on any atom is -0.309 e. The lowest BCUT2D eigenvalue weighted by atomic mass is 10.4. The summed E-state index contributed by atoms with van der Waals surface area (Å²) in [6.45, 7) is 2.52. The van der Waals surface area contributed by atoms with Gasteiger partial charge >= 0.3 is 0 Å². The van der Waals surface area contributed by atoms with E-state index < -0.39 is 0 Å². The van der Waals surface area contributed by atoms with Crippen LogP contribution in [-0.2, 0) is 18.4 Å². The van der Waals surface area contributed by atoms with E-state index in [2.05, 4.69) is 38.1 Å². The standard InChI is InChI=1S/C11H14IN5O/c1-8-9(12)7-17(14-8)6-4-11(18)13-10-3-5-16(2)15-10/h3,5,7H,4,6H2,1-2H3,(H,13,15,18). The number of aromatic nitrogens is 4. The number of nitrogens with one attached hydrogen (secondary N) is 1. The minimum atomic E-state index is -0.0585. The fourth-order valence-corrected chi connectivity index (χ4v) is 1.94. The average molecular weight is 359 g/mol. The molecule has 0 unspecified atom stereocenters. The quantitative estimate of drug-likeness (QED) is 0.843. The number of nitrogens with zero attached hydrogens (tertiary/aromatic N) is 4. The first-order valence-electron chi connectivity index (χ1n) is 5.53. The molecule has 0 radical (unpaired) electrons. The van der Waals surface area contributed by atoms with E-state index in [9.17, 15) is 4.79 Å². The number of hydrogen-bond donors (Lipinski definition) is 1. The van der Waals surface area contributed by atoms with E-state index in [0.29, 0.717) is 18.8 Å². The van der Waals surface area contributed by atoms with Gasteiger partial charge in [-0.15, -0.1) is 0 Å². The van der Waals surface area contributed by atoms with E-state index in [1.807, 2.05) is 20.2 Å². The maximum Gasteiger partial charge on any atom is 0.227 e. The molecule has 0 aromatic carbocycles. The number of halogens is 1. The maximum absolute atomic E-state index is 11.7. The van der Waals surface area contributed by atoms with Gasteiger partial charge in [-0.05, 0) is 29.5 Å². The summed E-state index contributed by atoms with van der Waals surface area (Å²) >= 11 is 2.23. The second kappa shape index (κ2) is 5.51. The third-order valence-electron chi connectivity index (χ3n) is 2.44. The average Bonchev–Trinajstić information content (AvgIpc) is 2.84. The van der Waals surface area contributed by atoms with Gasteiger partial charge in [-0.25, -0.2) is 0 Å². The van der Waals surface area contributed by atoms with Crippen LogP contribution in [0.1, 0.15) is 12.1 Å². The van der Waals surface area contributed by atoms with Crippen molar-refractivity contribution in [3.8, 4) is 0 Å². The van der Waals surface area contributed by atoms with Crippen molar-refractivity contribution in [2.45, 2.75) is 19.9 Å². The van der Waals surface area contributed by atoms with E-state index in [4.69, 9.17) is 0 Å². The van der Waals surface area contributed by atoms with Crippen LogP contribution in [0.25, 0.3) is 0 Å². The van der Waals surface area contributed by atoms with Crippen LogP contribution >= 0.6 is 22.6 Å². The number of rotatable bonds is 4. The van der Waals surface area contributed by atoms with Crippen LogP contribution in [-0.4, -0.2) is 25.5 Å². The predicted molar refractivity (Wildman–Crippen MR) is 76.1 cm³/mol. The first kappa shape index (κ1) is 13.1. The normalized spacial score (nSPS) is 10.6. The summed E-state index contributed by atoms with van der Waals surface area (Å²) in [5, 5.41) is 11.1. The molecule has 0 saturated heterocycles. The molecule has 7 heteroatoms. The Hall–Kier alpha value is -1.38. The molecule has 18 heavy (non-hydrogen) atoms. The summed E-state index contributed by atoms with van der Waals surface area (Å²) in [4.78, 5) is 11.7. The highest BCUT2D eigenvalue weighted by Gasteiger charge is 2.06. The van der Waals surface area contributed by atoms with Crippen LogP contribution in [0.2, 0.25) is 0 Å². The van der Waals surface area contributed by atoms with Crippen LogP contribution < -0.4 is 5.32 Å². The Bertz CT molecular complexity index is 540. The molecule has 6 nitrogen and oxygen atoms in total. The van der Waals surface area contributed by atoms with Crippen molar-refractivity contribution < 1.29 is 4.79 Å². The molecule has 2 rings (SSSR count). The van der Waals surface area contributed by atoms with Gasteiger partial charge in [0.25, 0.3) is 0 Å². The van der Waals surface area contributed by atoms with Crippen molar-refractivity contribution in [3.63, 3.8) is 0 Å². The Kier molecular flexibility index (Phi) is 4.00. The zero-order valence-electron chi connectivity index (χ0n) is 10.2. The Labute approximate surface area is 119 Å². The van der Waals surface area contributed by atoms with Gasteiger partial charge in [-0.3, -0.25) is 14.2 Å². The molecule has 1 amide bonds. The first-order chi connectivity index (χ1) is 8.54. The molecule has 1 N–H and O–H groups in total. The number of carbonyl (C=O) groups excluding carboxylic acids is 1. The van der Waals surface area contributed by atoms with Crippen LogP contribution in [0, 0.1) is 10.5 Å². The van der Waals surface area contributed by atoms with Gasteiger partial charge in [0.1, 0.15) is 0 Å². The fourth-order valence-electron chi connectivity index (χ4n) is 1.51. The van der Waals surface area contributed by atoms with E-state index in [-0.39, 0.29) is 5.91 Å². The van der Waals surface area contributed by atoms with E-state index in [1.54, 1.807) is 21.6 Å². The molecular formula is C11H14IN5O. The summed E-state index contributed by atoms with van der Waals surface area (Å²) in [7, 11) is 1.81. The van der Waals surface area contributed by atoms with E-state index >= 15 is 0 Å². The van der Waals surface area contributed by atoms with E-state index in [0.717, 1.165) is 9.26 Å². The molecule has 2 aromatic heterocycles. The first-order valence-corrected chi connectivity index (χ1v) is 6.61. The molecule has 2 aromatic rings. The molecule has 0 aliphatic heterocycles. The van der Waals surface area contributed by atoms with Gasteiger partial charge in [0.05, 0.1) is 9.26 Å². The number of anilines is 1. The van der Waals surface area contributed by atoms with Gasteiger partial charge in [-0.1, -0.05) is 0 Å². The number of carbonyl (C=O) groups is 1. The lowest BCUT2D eigenvalue weighted by molar-refractivity contribution is -0.116. The Balaban J connectivity index is 1.85. The number of aryl methyl sites for hydroxylation is 3. The second-order valence-corrected chi connectivity index (χ2v) is 5.16.